The predicted molar refractivity (Wildman–Crippen MR) is 262 cm³/mol. The number of nitrogens with zero attached hydrogens (tertiary/aromatic N) is 6. The molecular formula is C55H38N6OS2. The highest BCUT2D eigenvalue weighted by Crippen LogP contribution is 2.62. The van der Waals surface area contributed by atoms with Crippen molar-refractivity contribution in [2.75, 3.05) is 0 Å². The van der Waals surface area contributed by atoms with Crippen molar-refractivity contribution in [2.45, 2.75) is 35.3 Å². The summed E-state index contributed by atoms with van der Waals surface area (Å²) in [4.78, 5) is 16.1. The van der Waals surface area contributed by atoms with Crippen molar-refractivity contribution < 1.29 is 4.63 Å². The van der Waals surface area contributed by atoms with E-state index < -0.39 is 0 Å². The van der Waals surface area contributed by atoms with Gasteiger partial charge in [0.25, 0.3) is 0 Å². The van der Waals surface area contributed by atoms with E-state index in [1.807, 2.05) is 72.0 Å². The van der Waals surface area contributed by atoms with Crippen molar-refractivity contribution in [3.63, 3.8) is 0 Å². The van der Waals surface area contributed by atoms with E-state index in [0.29, 0.717) is 0 Å². The van der Waals surface area contributed by atoms with Gasteiger partial charge in [-0.1, -0.05) is 110 Å². The van der Waals surface area contributed by atoms with Crippen LogP contribution < -0.4 is 0 Å². The second kappa shape index (κ2) is 14.4. The first kappa shape index (κ1) is 37.4. The summed E-state index contributed by atoms with van der Waals surface area (Å²) in [6.07, 6.45) is 19.7. The molecule has 1 aliphatic heterocycles. The van der Waals surface area contributed by atoms with Crippen molar-refractivity contribution >= 4 is 82.1 Å². The van der Waals surface area contributed by atoms with Gasteiger partial charge in [0.05, 0.1) is 31.7 Å². The molecule has 2 aliphatic carbocycles. The van der Waals surface area contributed by atoms with Crippen LogP contribution in [0.3, 0.4) is 0 Å². The van der Waals surface area contributed by atoms with Crippen molar-refractivity contribution in [1.29, 1.82) is 0 Å². The Labute approximate surface area is 377 Å². The van der Waals surface area contributed by atoms with Crippen molar-refractivity contribution in [1.82, 2.24) is 29.8 Å². The summed E-state index contributed by atoms with van der Waals surface area (Å²) < 4.78 is 10.0. The molecule has 0 spiro atoms. The molecule has 6 aromatic heterocycles. The number of thioether (sulfide) groups is 1. The van der Waals surface area contributed by atoms with Gasteiger partial charge in [0.2, 0.25) is 0 Å². The molecule has 0 N–H and O–H groups in total. The highest BCUT2D eigenvalue weighted by Gasteiger charge is 2.48. The van der Waals surface area contributed by atoms with E-state index >= 15 is 0 Å². The van der Waals surface area contributed by atoms with Gasteiger partial charge < -0.3 is 4.57 Å². The van der Waals surface area contributed by atoms with Gasteiger partial charge in [-0.05, 0) is 93.6 Å². The summed E-state index contributed by atoms with van der Waals surface area (Å²) in [6, 6.07) is 42.9. The van der Waals surface area contributed by atoms with Crippen LogP contribution in [0.2, 0.25) is 0 Å². The second-order valence-corrected chi connectivity index (χ2v) is 19.6. The summed E-state index contributed by atoms with van der Waals surface area (Å²) in [5, 5.41) is 12.3. The summed E-state index contributed by atoms with van der Waals surface area (Å²) in [6.45, 7) is 4.76. The van der Waals surface area contributed by atoms with E-state index in [4.69, 9.17) is 9.61 Å². The molecule has 0 radical (unpaired) electrons. The Balaban J connectivity index is 0.987. The maximum atomic E-state index is 5.64. The minimum Gasteiger partial charge on any atom is -0.313 e. The molecule has 3 aliphatic rings. The SMILES string of the molecule is CC1C(n2c3ccccc3c3cnccc32)=CC=CC1c1cc(C2=CC3c4cnccc4SC3(C)C(c3cccc(-c4nonc4-c4ccccc4)c3)=C2)nc2c1sc1ccccc12. The zero-order valence-electron chi connectivity index (χ0n) is 34.9. The summed E-state index contributed by atoms with van der Waals surface area (Å²) in [5.74, 6) is 0.294. The lowest BCUT2D eigenvalue weighted by molar-refractivity contribution is 0.310. The smallest absolute Gasteiger partial charge is 0.143 e. The Hall–Kier alpha value is -7.20. The molecule has 7 heterocycles. The third-order valence-corrected chi connectivity index (χ3v) is 16.3. The van der Waals surface area contributed by atoms with E-state index in [1.54, 1.807) is 0 Å². The molecule has 10 aromatic rings. The Bertz CT molecular complexity index is 3610. The fourth-order valence-electron chi connectivity index (χ4n) is 10.5. The first-order valence-corrected chi connectivity index (χ1v) is 23.3. The number of para-hydroxylation sites is 1. The van der Waals surface area contributed by atoms with E-state index in [1.165, 1.54) is 58.5 Å². The third-order valence-electron chi connectivity index (χ3n) is 13.6. The number of aromatic nitrogens is 6. The van der Waals surface area contributed by atoms with Gasteiger partial charge in [0.1, 0.15) is 11.4 Å². The molecule has 7 nitrogen and oxygen atoms in total. The number of thiophene rings is 1. The highest BCUT2D eigenvalue weighted by molar-refractivity contribution is 8.01. The summed E-state index contributed by atoms with van der Waals surface area (Å²) >= 11 is 3.77. The Morgan fingerprint density at radius 3 is 2.36 bits per heavy atom. The molecule has 306 valence electrons. The first-order chi connectivity index (χ1) is 31.5. The van der Waals surface area contributed by atoms with Gasteiger partial charge in [0, 0.05) is 85.1 Å². The topological polar surface area (TPSA) is 82.5 Å². The number of allylic oxidation sites excluding steroid dienone is 7. The van der Waals surface area contributed by atoms with Gasteiger partial charge in [0.15, 0.2) is 0 Å². The molecule has 0 fully saturated rings. The fraction of sp³-hybridized carbons (Fsp3) is 0.109. The zero-order valence-corrected chi connectivity index (χ0v) is 36.5. The number of rotatable bonds is 6. The Morgan fingerprint density at radius 1 is 0.703 bits per heavy atom. The van der Waals surface area contributed by atoms with E-state index in [2.05, 4.69) is 166 Å². The molecule has 0 saturated heterocycles. The third kappa shape index (κ3) is 5.63. The first-order valence-electron chi connectivity index (χ1n) is 21.6. The molecule has 0 bridgehead atoms. The molecule has 13 rings (SSSR count). The minimum absolute atomic E-state index is 0.0569. The highest BCUT2D eigenvalue weighted by atomic mass is 32.2. The van der Waals surface area contributed by atoms with E-state index in [0.717, 1.165) is 50.2 Å². The van der Waals surface area contributed by atoms with Crippen LogP contribution in [0.1, 0.15) is 48.1 Å². The quantitative estimate of drug-likeness (QED) is 0.165. The predicted octanol–water partition coefficient (Wildman–Crippen LogP) is 14.0. The molecule has 4 aromatic carbocycles. The van der Waals surface area contributed by atoms with Crippen LogP contribution in [-0.2, 0) is 0 Å². The largest absolute Gasteiger partial charge is 0.313 e. The summed E-state index contributed by atoms with van der Waals surface area (Å²) in [5.41, 5.74) is 15.0. The maximum Gasteiger partial charge on any atom is 0.143 e. The minimum atomic E-state index is -0.308. The molecular weight excluding hydrogens is 825 g/mol. The lowest BCUT2D eigenvalue weighted by Gasteiger charge is -2.36. The van der Waals surface area contributed by atoms with Crippen molar-refractivity contribution in [2.24, 2.45) is 5.92 Å². The summed E-state index contributed by atoms with van der Waals surface area (Å²) in [7, 11) is 0. The normalized spacial score (nSPS) is 20.4. The standard InChI is InChI=1S/C55H38N6OS2/c1-32-37(18-11-20-46(32)61-47-19-8-6-16-38(47)41-30-56-24-22-48(41)61)40-29-45(58-53-39-17-7-9-21-49(39)63-54(40)53)36-27-43(55(2)44(28-36)42-31-57-25-23-50(42)64-55)34-14-10-15-35(26-34)52-51(59-62-60-52)33-12-4-3-5-13-33/h3-32,37,44H,1-2H3. The average molecular weight is 863 g/mol. The number of fused-ring (bicyclic) bond motifs is 9. The maximum absolute atomic E-state index is 5.64. The zero-order chi connectivity index (χ0) is 42.5. The molecule has 64 heavy (non-hydrogen) atoms. The van der Waals surface area contributed by atoms with E-state index in [9.17, 15) is 0 Å². The molecule has 4 unspecified atom stereocenters. The van der Waals surface area contributed by atoms with Crippen molar-refractivity contribution in [3.8, 4) is 22.5 Å². The average Bonchev–Trinajstić information content (AvgIpc) is 4.13. The van der Waals surface area contributed by atoms with E-state index in [-0.39, 0.29) is 22.5 Å². The molecule has 9 heteroatoms. The number of benzene rings is 4. The molecule has 4 atom stereocenters. The molecule has 0 amide bonds. The molecule has 0 saturated carbocycles. The Kier molecular flexibility index (Phi) is 8.42. The van der Waals surface area contributed by atoms with Crippen LogP contribution in [-0.4, -0.2) is 34.6 Å². The number of hydrogen-bond donors (Lipinski definition) is 0. The van der Waals surface area contributed by atoms with Crippen LogP contribution >= 0.6 is 23.1 Å². The van der Waals surface area contributed by atoms with Crippen LogP contribution in [0, 0.1) is 5.92 Å². The van der Waals surface area contributed by atoms with Crippen LogP contribution in [0.5, 0.6) is 0 Å². The van der Waals surface area contributed by atoms with Crippen LogP contribution in [0.4, 0.5) is 0 Å². The van der Waals surface area contributed by atoms with Crippen molar-refractivity contribution in [3.05, 3.63) is 199 Å². The lowest BCUT2D eigenvalue weighted by Crippen LogP contribution is -2.28. The number of pyridine rings is 3. The van der Waals surface area contributed by atoms with Gasteiger partial charge in [-0.2, -0.15) is 0 Å². The second-order valence-electron chi connectivity index (χ2n) is 17.1. The monoisotopic (exact) mass is 862 g/mol. The van der Waals surface area contributed by atoms with Gasteiger partial charge in [-0.25, -0.2) is 9.61 Å². The van der Waals surface area contributed by atoms with Gasteiger partial charge in [-0.3, -0.25) is 9.97 Å². The van der Waals surface area contributed by atoms with Gasteiger partial charge >= 0.3 is 0 Å². The number of hydrogen-bond acceptors (Lipinski definition) is 8. The Morgan fingerprint density at radius 2 is 1.45 bits per heavy atom. The van der Waals surface area contributed by atoms with Gasteiger partial charge in [-0.15, -0.1) is 23.1 Å². The fourth-order valence-corrected chi connectivity index (χ4v) is 13.2. The van der Waals surface area contributed by atoms with Crippen LogP contribution in [0.25, 0.3) is 81.5 Å². The lowest BCUT2D eigenvalue weighted by atomic mass is 9.74. The van der Waals surface area contributed by atoms with Crippen LogP contribution in [0.15, 0.2) is 186 Å².